The van der Waals surface area contributed by atoms with Crippen LogP contribution in [0.2, 0.25) is 0 Å². The Kier molecular flexibility index (Phi) is 6.83. The standard InChI is InChI=1S/C25H26O8/c1-31-17-12-16(14-8-4-2-5-9-14)24(21(28)19(17)15-10-6-3-7-11-15)33-25-23(30)22(29)20(27)18(13-26)32-25/h2-12,18,20,22-23,25-30H,13H2,1H3/t18-,20-,22+,23-,25+/m1/s1. The molecule has 4 rings (SSSR count). The highest BCUT2D eigenvalue weighted by atomic mass is 16.7. The Morgan fingerprint density at radius 3 is 2.03 bits per heavy atom. The number of aromatic hydroxyl groups is 1. The second-order valence-electron chi connectivity index (χ2n) is 7.73. The van der Waals surface area contributed by atoms with Crippen LogP contribution >= 0.6 is 0 Å². The molecule has 174 valence electrons. The van der Waals surface area contributed by atoms with Gasteiger partial charge < -0.3 is 39.7 Å². The summed E-state index contributed by atoms with van der Waals surface area (Å²) in [6.07, 6.45) is -7.39. The zero-order valence-electron chi connectivity index (χ0n) is 17.9. The lowest BCUT2D eigenvalue weighted by atomic mass is 9.96. The Balaban J connectivity index is 1.86. The Morgan fingerprint density at radius 1 is 0.848 bits per heavy atom. The minimum absolute atomic E-state index is 0.00909. The van der Waals surface area contributed by atoms with Crippen molar-refractivity contribution >= 4 is 0 Å². The molecule has 0 unspecified atom stereocenters. The van der Waals surface area contributed by atoms with Crippen molar-refractivity contribution in [1.82, 2.24) is 0 Å². The molecule has 5 N–H and O–H groups in total. The molecule has 5 atom stereocenters. The molecule has 1 fully saturated rings. The van der Waals surface area contributed by atoms with Gasteiger partial charge in [0.2, 0.25) is 6.29 Å². The Hall–Kier alpha value is -3.14. The van der Waals surface area contributed by atoms with Crippen LogP contribution in [0.25, 0.3) is 22.3 Å². The highest BCUT2D eigenvalue weighted by Gasteiger charge is 2.45. The van der Waals surface area contributed by atoms with Crippen LogP contribution in [-0.4, -0.2) is 70.0 Å². The molecule has 0 radical (unpaired) electrons. The van der Waals surface area contributed by atoms with E-state index in [1.54, 1.807) is 18.2 Å². The highest BCUT2D eigenvalue weighted by Crippen LogP contribution is 2.50. The molecule has 0 aromatic heterocycles. The predicted octanol–water partition coefficient (Wildman–Crippen LogP) is 1.91. The van der Waals surface area contributed by atoms with E-state index in [4.69, 9.17) is 14.2 Å². The maximum Gasteiger partial charge on any atom is 0.229 e. The Labute approximate surface area is 190 Å². The minimum Gasteiger partial charge on any atom is -0.504 e. The van der Waals surface area contributed by atoms with Gasteiger partial charge in [0.1, 0.15) is 30.2 Å². The number of methoxy groups -OCH3 is 1. The summed E-state index contributed by atoms with van der Waals surface area (Å²) >= 11 is 0. The number of rotatable bonds is 6. The number of hydrogen-bond donors (Lipinski definition) is 5. The molecular weight excluding hydrogens is 428 g/mol. The molecule has 8 nitrogen and oxygen atoms in total. The summed E-state index contributed by atoms with van der Waals surface area (Å²) in [5.74, 6) is 0.139. The van der Waals surface area contributed by atoms with Gasteiger partial charge >= 0.3 is 0 Å². The molecule has 3 aromatic rings. The molecule has 1 aliphatic rings. The first-order chi connectivity index (χ1) is 16.0. The molecule has 3 aromatic carbocycles. The van der Waals surface area contributed by atoms with Gasteiger partial charge in [-0.05, 0) is 17.2 Å². The fourth-order valence-corrected chi connectivity index (χ4v) is 3.90. The third-order valence-electron chi connectivity index (χ3n) is 5.67. The van der Waals surface area contributed by atoms with E-state index < -0.39 is 37.3 Å². The van der Waals surface area contributed by atoms with Crippen molar-refractivity contribution in [2.75, 3.05) is 13.7 Å². The van der Waals surface area contributed by atoms with Crippen LogP contribution < -0.4 is 9.47 Å². The number of aliphatic hydroxyl groups is 4. The first-order valence-electron chi connectivity index (χ1n) is 10.5. The van der Waals surface area contributed by atoms with Crippen molar-refractivity contribution < 1.29 is 39.7 Å². The third kappa shape index (κ3) is 4.39. The number of phenols is 1. The first kappa shape index (κ1) is 23.0. The Bertz CT molecular complexity index is 1070. The molecule has 33 heavy (non-hydrogen) atoms. The van der Waals surface area contributed by atoms with Gasteiger partial charge in [0.15, 0.2) is 11.5 Å². The number of hydrogen-bond acceptors (Lipinski definition) is 8. The van der Waals surface area contributed by atoms with Gasteiger partial charge in [-0.2, -0.15) is 0 Å². The summed E-state index contributed by atoms with van der Waals surface area (Å²) < 4.78 is 17.0. The fraction of sp³-hybridized carbons (Fsp3) is 0.280. The lowest BCUT2D eigenvalue weighted by molar-refractivity contribution is -0.277. The Morgan fingerprint density at radius 2 is 1.45 bits per heavy atom. The van der Waals surface area contributed by atoms with E-state index in [9.17, 15) is 25.5 Å². The third-order valence-corrected chi connectivity index (χ3v) is 5.67. The second-order valence-corrected chi connectivity index (χ2v) is 7.73. The van der Waals surface area contributed by atoms with Crippen LogP contribution in [0.5, 0.6) is 17.2 Å². The average molecular weight is 454 g/mol. The van der Waals surface area contributed by atoms with Gasteiger partial charge in [-0.3, -0.25) is 0 Å². The van der Waals surface area contributed by atoms with Gasteiger partial charge in [0.05, 0.1) is 19.3 Å². The maximum absolute atomic E-state index is 11.4. The molecule has 0 saturated carbocycles. The van der Waals surface area contributed by atoms with Gasteiger partial charge in [-0.15, -0.1) is 0 Å². The molecular formula is C25H26O8. The molecule has 8 heteroatoms. The van der Waals surface area contributed by atoms with Crippen molar-refractivity contribution in [1.29, 1.82) is 0 Å². The fourth-order valence-electron chi connectivity index (χ4n) is 3.90. The summed E-state index contributed by atoms with van der Waals surface area (Å²) in [5, 5.41) is 51.6. The molecule has 0 aliphatic carbocycles. The van der Waals surface area contributed by atoms with Gasteiger partial charge in [0, 0.05) is 5.56 Å². The lowest BCUT2D eigenvalue weighted by Crippen LogP contribution is -2.60. The summed E-state index contributed by atoms with van der Waals surface area (Å²) in [6.45, 7) is -0.597. The topological polar surface area (TPSA) is 129 Å². The SMILES string of the molecule is COc1cc(-c2ccccc2)c(O[C@@H]2O[C@H](CO)[C@@H](O)[C@H](O)[C@H]2O)c(O)c1-c1ccccc1. The minimum atomic E-state index is -1.63. The maximum atomic E-state index is 11.4. The zero-order valence-corrected chi connectivity index (χ0v) is 17.9. The monoisotopic (exact) mass is 454 g/mol. The number of ether oxygens (including phenoxy) is 3. The highest BCUT2D eigenvalue weighted by molar-refractivity contribution is 5.87. The zero-order chi connectivity index (χ0) is 23.5. The van der Waals surface area contributed by atoms with E-state index in [0.29, 0.717) is 28.0 Å². The summed E-state index contributed by atoms with van der Waals surface area (Å²) in [5.41, 5.74) is 2.20. The number of aliphatic hydroxyl groups excluding tert-OH is 4. The van der Waals surface area contributed by atoms with Crippen molar-refractivity contribution in [3.05, 3.63) is 66.7 Å². The second kappa shape index (κ2) is 9.78. The smallest absolute Gasteiger partial charge is 0.229 e. The summed E-state index contributed by atoms with van der Waals surface area (Å²) in [4.78, 5) is 0. The van der Waals surface area contributed by atoms with Crippen LogP contribution in [-0.2, 0) is 4.74 Å². The van der Waals surface area contributed by atoms with E-state index in [1.807, 2.05) is 48.5 Å². The normalized spacial score (nSPS) is 24.9. The van der Waals surface area contributed by atoms with E-state index >= 15 is 0 Å². The van der Waals surface area contributed by atoms with Gasteiger partial charge in [-0.1, -0.05) is 60.7 Å². The molecule has 0 amide bonds. The van der Waals surface area contributed by atoms with Crippen molar-refractivity contribution in [3.8, 4) is 39.5 Å². The van der Waals surface area contributed by atoms with Crippen molar-refractivity contribution in [2.45, 2.75) is 30.7 Å². The van der Waals surface area contributed by atoms with Crippen LogP contribution in [0.3, 0.4) is 0 Å². The van der Waals surface area contributed by atoms with Crippen LogP contribution in [0.4, 0.5) is 0 Å². The largest absolute Gasteiger partial charge is 0.504 e. The van der Waals surface area contributed by atoms with Crippen molar-refractivity contribution in [3.63, 3.8) is 0 Å². The molecule has 1 saturated heterocycles. The average Bonchev–Trinajstić information content (AvgIpc) is 2.86. The van der Waals surface area contributed by atoms with E-state index in [1.165, 1.54) is 7.11 Å². The van der Waals surface area contributed by atoms with E-state index in [0.717, 1.165) is 0 Å². The predicted molar refractivity (Wildman–Crippen MR) is 120 cm³/mol. The van der Waals surface area contributed by atoms with Gasteiger partial charge in [-0.25, -0.2) is 0 Å². The molecule has 1 aliphatic heterocycles. The molecule has 0 bridgehead atoms. The van der Waals surface area contributed by atoms with E-state index in [2.05, 4.69) is 0 Å². The van der Waals surface area contributed by atoms with Gasteiger partial charge in [0.25, 0.3) is 0 Å². The molecule has 0 spiro atoms. The number of phenolic OH excluding ortho intramolecular Hbond substituents is 1. The number of benzene rings is 3. The molecule has 1 heterocycles. The first-order valence-corrected chi connectivity index (χ1v) is 10.5. The van der Waals surface area contributed by atoms with Crippen LogP contribution in [0, 0.1) is 0 Å². The quantitative estimate of drug-likeness (QED) is 0.382. The van der Waals surface area contributed by atoms with E-state index in [-0.39, 0.29) is 11.5 Å². The lowest BCUT2D eigenvalue weighted by Gasteiger charge is -2.39. The summed E-state index contributed by atoms with van der Waals surface area (Å²) in [6, 6.07) is 19.9. The van der Waals surface area contributed by atoms with Crippen LogP contribution in [0.15, 0.2) is 66.7 Å². The summed E-state index contributed by atoms with van der Waals surface area (Å²) in [7, 11) is 1.49. The van der Waals surface area contributed by atoms with Crippen molar-refractivity contribution in [2.24, 2.45) is 0 Å². The van der Waals surface area contributed by atoms with Crippen LogP contribution in [0.1, 0.15) is 0 Å².